The number of hydrogen-bond acceptors (Lipinski definition) is 2. The van der Waals surface area contributed by atoms with Gasteiger partial charge in [-0.1, -0.05) is 43.3 Å². The SMILES string of the molecule is CCc1ccccc1CNC(=NC)N1CCC(N2CC=CC2)C1. The molecule has 124 valence electrons. The number of guanidine groups is 1. The third-order valence-electron chi connectivity index (χ3n) is 4.97. The van der Waals surface area contributed by atoms with Crippen LogP contribution in [0, 0.1) is 0 Å². The highest BCUT2D eigenvalue weighted by atomic mass is 15.3. The molecule has 0 saturated carbocycles. The maximum Gasteiger partial charge on any atom is 0.193 e. The van der Waals surface area contributed by atoms with Gasteiger partial charge in [0.15, 0.2) is 5.96 Å². The molecule has 23 heavy (non-hydrogen) atoms. The maximum atomic E-state index is 4.50. The second kappa shape index (κ2) is 7.64. The Morgan fingerprint density at radius 3 is 2.65 bits per heavy atom. The van der Waals surface area contributed by atoms with Gasteiger partial charge in [0.1, 0.15) is 0 Å². The predicted octanol–water partition coefficient (Wildman–Crippen LogP) is 2.27. The predicted molar refractivity (Wildman–Crippen MR) is 96.7 cm³/mol. The van der Waals surface area contributed by atoms with E-state index in [0.717, 1.165) is 45.1 Å². The molecular formula is C19H28N4. The molecule has 2 heterocycles. The topological polar surface area (TPSA) is 30.9 Å². The van der Waals surface area contributed by atoms with Gasteiger partial charge in [-0.3, -0.25) is 9.89 Å². The Morgan fingerprint density at radius 2 is 1.96 bits per heavy atom. The van der Waals surface area contributed by atoms with Crippen LogP contribution in [0.4, 0.5) is 0 Å². The fourth-order valence-electron chi connectivity index (χ4n) is 3.61. The lowest BCUT2D eigenvalue weighted by atomic mass is 10.1. The molecule has 1 atom stereocenters. The van der Waals surface area contributed by atoms with Crippen LogP contribution in [0.25, 0.3) is 0 Å². The first-order chi connectivity index (χ1) is 11.3. The fourth-order valence-corrected chi connectivity index (χ4v) is 3.61. The molecule has 1 saturated heterocycles. The van der Waals surface area contributed by atoms with Gasteiger partial charge in [0.25, 0.3) is 0 Å². The quantitative estimate of drug-likeness (QED) is 0.526. The first kappa shape index (κ1) is 16.1. The van der Waals surface area contributed by atoms with Gasteiger partial charge in [-0.25, -0.2) is 0 Å². The van der Waals surface area contributed by atoms with E-state index in [-0.39, 0.29) is 0 Å². The molecule has 0 bridgehead atoms. The third kappa shape index (κ3) is 3.75. The molecule has 1 N–H and O–H groups in total. The van der Waals surface area contributed by atoms with Gasteiger partial charge in [-0.15, -0.1) is 0 Å². The second-order valence-corrected chi connectivity index (χ2v) is 6.34. The van der Waals surface area contributed by atoms with Crippen molar-refractivity contribution in [2.75, 3.05) is 33.2 Å². The summed E-state index contributed by atoms with van der Waals surface area (Å²) in [5.41, 5.74) is 2.79. The molecule has 3 rings (SSSR count). The summed E-state index contributed by atoms with van der Waals surface area (Å²) in [7, 11) is 1.89. The Bertz CT molecular complexity index is 570. The Kier molecular flexibility index (Phi) is 5.34. The van der Waals surface area contributed by atoms with Crippen LogP contribution < -0.4 is 5.32 Å². The minimum Gasteiger partial charge on any atom is -0.352 e. The zero-order chi connectivity index (χ0) is 16.1. The first-order valence-electron chi connectivity index (χ1n) is 8.73. The summed E-state index contributed by atoms with van der Waals surface area (Å²) >= 11 is 0. The van der Waals surface area contributed by atoms with Crippen LogP contribution in [0.3, 0.4) is 0 Å². The molecule has 1 fully saturated rings. The van der Waals surface area contributed by atoms with Gasteiger partial charge in [-0.05, 0) is 24.0 Å². The summed E-state index contributed by atoms with van der Waals surface area (Å²) in [5.74, 6) is 1.03. The minimum absolute atomic E-state index is 0.659. The number of nitrogens with zero attached hydrogens (tertiary/aromatic N) is 3. The summed E-state index contributed by atoms with van der Waals surface area (Å²) < 4.78 is 0. The third-order valence-corrected chi connectivity index (χ3v) is 4.97. The molecule has 0 aromatic heterocycles. The van der Waals surface area contributed by atoms with Crippen LogP contribution >= 0.6 is 0 Å². The molecule has 1 unspecified atom stereocenters. The van der Waals surface area contributed by atoms with Crippen molar-refractivity contribution in [2.45, 2.75) is 32.4 Å². The highest BCUT2D eigenvalue weighted by molar-refractivity contribution is 5.80. The Morgan fingerprint density at radius 1 is 1.22 bits per heavy atom. The monoisotopic (exact) mass is 312 g/mol. The van der Waals surface area contributed by atoms with Crippen molar-refractivity contribution in [3.63, 3.8) is 0 Å². The Hall–Kier alpha value is -1.81. The van der Waals surface area contributed by atoms with Crippen molar-refractivity contribution in [1.82, 2.24) is 15.1 Å². The van der Waals surface area contributed by atoms with E-state index in [4.69, 9.17) is 0 Å². The van der Waals surface area contributed by atoms with Crippen molar-refractivity contribution in [1.29, 1.82) is 0 Å². The Balaban J connectivity index is 1.56. The van der Waals surface area contributed by atoms with E-state index in [9.17, 15) is 0 Å². The average molecular weight is 312 g/mol. The zero-order valence-electron chi connectivity index (χ0n) is 14.3. The maximum absolute atomic E-state index is 4.50. The lowest BCUT2D eigenvalue weighted by Crippen LogP contribution is -2.42. The summed E-state index contributed by atoms with van der Waals surface area (Å²) in [6.45, 7) is 7.45. The van der Waals surface area contributed by atoms with E-state index in [1.807, 2.05) is 7.05 Å². The van der Waals surface area contributed by atoms with Gasteiger partial charge >= 0.3 is 0 Å². The van der Waals surface area contributed by atoms with E-state index in [1.165, 1.54) is 17.5 Å². The molecule has 0 aliphatic carbocycles. The van der Waals surface area contributed by atoms with Gasteiger partial charge in [0.05, 0.1) is 0 Å². The summed E-state index contributed by atoms with van der Waals surface area (Å²) in [4.78, 5) is 9.45. The fraction of sp³-hybridized carbons (Fsp3) is 0.526. The molecule has 0 radical (unpaired) electrons. The molecule has 0 amide bonds. The smallest absolute Gasteiger partial charge is 0.193 e. The summed E-state index contributed by atoms with van der Waals surface area (Å²) in [5, 5.41) is 3.56. The van der Waals surface area contributed by atoms with Crippen LogP contribution in [0.5, 0.6) is 0 Å². The molecule has 2 aliphatic heterocycles. The van der Waals surface area contributed by atoms with Crippen molar-refractivity contribution in [2.24, 2.45) is 4.99 Å². The molecular weight excluding hydrogens is 284 g/mol. The van der Waals surface area contributed by atoms with Crippen molar-refractivity contribution in [3.05, 3.63) is 47.5 Å². The lowest BCUT2D eigenvalue weighted by Gasteiger charge is -2.25. The van der Waals surface area contributed by atoms with Crippen LogP contribution in [0.15, 0.2) is 41.4 Å². The standard InChI is InChI=1S/C19H28N4/c1-3-16-8-4-5-9-17(16)14-21-19(20-2)23-13-10-18(15-23)22-11-6-7-12-22/h4-9,18H,3,10-15H2,1-2H3,(H,20,21). The molecule has 4 heteroatoms. The largest absolute Gasteiger partial charge is 0.352 e. The number of likely N-dealkylation sites (tertiary alicyclic amines) is 1. The number of aliphatic imine (C=N–C) groups is 1. The normalized spacial score (nSPS) is 22.1. The molecule has 0 spiro atoms. The van der Waals surface area contributed by atoms with Crippen LogP contribution in [-0.2, 0) is 13.0 Å². The van der Waals surface area contributed by atoms with Crippen molar-refractivity contribution >= 4 is 5.96 Å². The van der Waals surface area contributed by atoms with Gasteiger partial charge in [-0.2, -0.15) is 0 Å². The first-order valence-corrected chi connectivity index (χ1v) is 8.73. The molecule has 1 aromatic rings. The van der Waals surface area contributed by atoms with E-state index < -0.39 is 0 Å². The number of rotatable bonds is 4. The van der Waals surface area contributed by atoms with Crippen molar-refractivity contribution in [3.8, 4) is 0 Å². The highest BCUT2D eigenvalue weighted by Gasteiger charge is 2.29. The van der Waals surface area contributed by atoms with Crippen LogP contribution in [0.2, 0.25) is 0 Å². The van der Waals surface area contributed by atoms with Gasteiger partial charge in [0, 0.05) is 45.8 Å². The number of hydrogen-bond donors (Lipinski definition) is 1. The number of aryl methyl sites for hydroxylation is 1. The molecule has 4 nitrogen and oxygen atoms in total. The summed E-state index contributed by atoms with van der Waals surface area (Å²) in [6, 6.07) is 9.32. The number of benzene rings is 1. The van der Waals surface area contributed by atoms with E-state index >= 15 is 0 Å². The average Bonchev–Trinajstić information content (AvgIpc) is 3.27. The van der Waals surface area contributed by atoms with Gasteiger partial charge in [0.2, 0.25) is 0 Å². The van der Waals surface area contributed by atoms with E-state index in [1.54, 1.807) is 0 Å². The van der Waals surface area contributed by atoms with E-state index in [2.05, 4.69) is 63.5 Å². The molecule has 1 aromatic carbocycles. The van der Waals surface area contributed by atoms with Crippen LogP contribution in [0.1, 0.15) is 24.5 Å². The molecule has 2 aliphatic rings. The minimum atomic E-state index is 0.659. The van der Waals surface area contributed by atoms with E-state index in [0.29, 0.717) is 6.04 Å². The van der Waals surface area contributed by atoms with Crippen LogP contribution in [-0.4, -0.2) is 55.0 Å². The zero-order valence-corrected chi connectivity index (χ0v) is 14.3. The second-order valence-electron chi connectivity index (χ2n) is 6.34. The van der Waals surface area contributed by atoms with Gasteiger partial charge < -0.3 is 10.2 Å². The highest BCUT2D eigenvalue weighted by Crippen LogP contribution is 2.18. The van der Waals surface area contributed by atoms with Crippen molar-refractivity contribution < 1.29 is 0 Å². The summed E-state index contributed by atoms with van der Waals surface area (Å²) in [6.07, 6.45) is 6.85. The lowest BCUT2D eigenvalue weighted by molar-refractivity contribution is 0.259. The number of nitrogens with one attached hydrogen (secondary N) is 1. The Labute approximate surface area is 139 Å².